The number of fused-ring (bicyclic) bond motifs is 1. The van der Waals surface area contributed by atoms with Crippen LogP contribution in [0.1, 0.15) is 49.1 Å². The van der Waals surface area contributed by atoms with Crippen LogP contribution in [0.15, 0.2) is 94.4 Å². The van der Waals surface area contributed by atoms with Crippen molar-refractivity contribution in [3.8, 4) is 17.2 Å². The quantitative estimate of drug-likeness (QED) is 0.121. The Morgan fingerprint density at radius 1 is 0.980 bits per heavy atom. The van der Waals surface area contributed by atoms with E-state index in [9.17, 15) is 14.4 Å². The molecule has 0 aliphatic carbocycles. The number of thiazole rings is 1. The molecule has 0 amide bonds. The third-order valence-electron chi connectivity index (χ3n) is 7.73. The van der Waals surface area contributed by atoms with E-state index in [0.717, 1.165) is 16.7 Å². The highest BCUT2D eigenvalue weighted by molar-refractivity contribution is 7.07. The predicted octanol–water partition coefficient (Wildman–Crippen LogP) is 5.71. The number of carbonyl (C=O) groups excluding carboxylic acids is 2. The monoisotopic (exact) mass is 716 g/mol. The largest absolute Gasteiger partial charge is 0.490 e. The van der Waals surface area contributed by atoms with E-state index in [2.05, 4.69) is 11.6 Å². The normalized spacial score (nSPS) is 14.0. The maximum absolute atomic E-state index is 14.2. The Kier molecular flexibility index (Phi) is 11.9. The first kappa shape index (κ1) is 36.2. The van der Waals surface area contributed by atoms with Gasteiger partial charge in [-0.2, -0.15) is 0 Å². The fourth-order valence-corrected chi connectivity index (χ4v) is 6.60. The van der Waals surface area contributed by atoms with Crippen LogP contribution in [0.4, 0.5) is 0 Å². The summed E-state index contributed by atoms with van der Waals surface area (Å²) < 4.78 is 29.7. The maximum Gasteiger partial charge on any atom is 0.343 e. The first-order valence-electron chi connectivity index (χ1n) is 15.9. The van der Waals surface area contributed by atoms with Crippen LogP contribution in [0.25, 0.3) is 6.08 Å². The van der Waals surface area contributed by atoms with Gasteiger partial charge in [0.15, 0.2) is 22.9 Å². The Bertz CT molecular complexity index is 2120. The zero-order valence-corrected chi connectivity index (χ0v) is 29.8. The summed E-state index contributed by atoms with van der Waals surface area (Å²) >= 11 is 7.24. The standard InChI is InChI=1S/C38H37ClN2O8S/c1-6-9-26-18-25(12-16-29(26)48-21-24-10-14-28(39)15-11-24)19-32-36(43)41-35(34(37(44)47-8-3)23(4)40-38(41)50-32)27-13-17-30(31(20-27)46-7-2)49-22-33(42)45-5/h6,10-20,35H,1,7-9,21-22H2,2-5H3/b32-19-/t35-/m0/s1. The lowest BCUT2D eigenvalue weighted by molar-refractivity contribution is -0.143. The van der Waals surface area contributed by atoms with Crippen molar-refractivity contribution in [2.45, 2.75) is 39.8 Å². The van der Waals surface area contributed by atoms with Crippen LogP contribution in [0, 0.1) is 0 Å². The van der Waals surface area contributed by atoms with E-state index in [-0.39, 0.29) is 24.3 Å². The zero-order chi connectivity index (χ0) is 35.8. The Hall–Kier alpha value is -5.13. The Morgan fingerprint density at radius 3 is 2.44 bits per heavy atom. The Balaban J connectivity index is 1.57. The summed E-state index contributed by atoms with van der Waals surface area (Å²) in [4.78, 5) is 44.5. The number of allylic oxidation sites excluding steroid dienone is 2. The third-order valence-corrected chi connectivity index (χ3v) is 8.96. The molecule has 12 heteroatoms. The maximum atomic E-state index is 14.2. The fraction of sp³-hybridized carbons (Fsp3) is 0.263. The molecule has 1 aliphatic rings. The second-order valence-corrected chi connectivity index (χ2v) is 12.5. The van der Waals surface area contributed by atoms with E-state index in [0.29, 0.717) is 62.5 Å². The van der Waals surface area contributed by atoms with Crippen molar-refractivity contribution in [2.24, 2.45) is 4.99 Å². The highest BCUT2D eigenvalue weighted by Gasteiger charge is 2.34. The van der Waals surface area contributed by atoms with Gasteiger partial charge in [0.1, 0.15) is 12.4 Å². The number of hydrogen-bond acceptors (Lipinski definition) is 10. The van der Waals surface area contributed by atoms with Crippen LogP contribution < -0.4 is 29.1 Å². The molecule has 1 atom stereocenters. The smallest absolute Gasteiger partial charge is 0.343 e. The molecule has 10 nitrogen and oxygen atoms in total. The summed E-state index contributed by atoms with van der Waals surface area (Å²) in [6, 6.07) is 17.4. The Labute approximate surface area is 298 Å². The second kappa shape index (κ2) is 16.5. The van der Waals surface area contributed by atoms with Crippen molar-refractivity contribution in [3.63, 3.8) is 0 Å². The summed E-state index contributed by atoms with van der Waals surface area (Å²) in [5.74, 6) is 0.214. The summed E-state index contributed by atoms with van der Waals surface area (Å²) in [6.07, 6.45) is 4.15. The van der Waals surface area contributed by atoms with Gasteiger partial charge in [-0.15, -0.1) is 6.58 Å². The molecule has 5 rings (SSSR count). The van der Waals surface area contributed by atoms with Gasteiger partial charge in [0.25, 0.3) is 5.56 Å². The topological polar surface area (TPSA) is 115 Å². The molecule has 260 valence electrons. The van der Waals surface area contributed by atoms with Gasteiger partial charge in [0, 0.05) is 5.02 Å². The van der Waals surface area contributed by atoms with Crippen LogP contribution in [-0.4, -0.2) is 43.4 Å². The zero-order valence-electron chi connectivity index (χ0n) is 28.2. The van der Waals surface area contributed by atoms with E-state index in [4.69, 9.17) is 35.3 Å². The van der Waals surface area contributed by atoms with Crippen LogP contribution in [0.2, 0.25) is 5.02 Å². The predicted molar refractivity (Wildman–Crippen MR) is 192 cm³/mol. The van der Waals surface area contributed by atoms with Gasteiger partial charge in [0.2, 0.25) is 0 Å². The lowest BCUT2D eigenvalue weighted by Crippen LogP contribution is -2.40. The first-order chi connectivity index (χ1) is 24.2. The minimum atomic E-state index is -0.874. The van der Waals surface area contributed by atoms with E-state index in [1.165, 1.54) is 23.0 Å². The van der Waals surface area contributed by atoms with Crippen LogP contribution in [-0.2, 0) is 32.1 Å². The van der Waals surface area contributed by atoms with Gasteiger partial charge in [0.05, 0.1) is 42.2 Å². The fourth-order valence-electron chi connectivity index (χ4n) is 5.42. The number of ether oxygens (including phenoxy) is 5. The number of aromatic nitrogens is 1. The molecular formula is C38H37ClN2O8S. The average molecular weight is 717 g/mol. The molecule has 0 N–H and O–H groups in total. The molecule has 50 heavy (non-hydrogen) atoms. The molecule has 0 radical (unpaired) electrons. The minimum absolute atomic E-state index is 0.143. The third kappa shape index (κ3) is 8.18. The molecule has 0 spiro atoms. The van der Waals surface area contributed by atoms with Crippen molar-refractivity contribution in [1.29, 1.82) is 0 Å². The van der Waals surface area contributed by atoms with Crippen molar-refractivity contribution in [1.82, 2.24) is 4.57 Å². The summed E-state index contributed by atoms with van der Waals surface area (Å²) in [5, 5.41) is 0.657. The van der Waals surface area contributed by atoms with Gasteiger partial charge in [-0.3, -0.25) is 9.36 Å². The van der Waals surface area contributed by atoms with E-state index < -0.39 is 18.0 Å². The van der Waals surface area contributed by atoms with Gasteiger partial charge in [-0.05, 0) is 91.9 Å². The molecule has 1 aliphatic heterocycles. The van der Waals surface area contributed by atoms with Crippen molar-refractivity contribution in [2.75, 3.05) is 26.9 Å². The van der Waals surface area contributed by atoms with Gasteiger partial charge in [-0.25, -0.2) is 14.6 Å². The van der Waals surface area contributed by atoms with Crippen molar-refractivity contribution < 1.29 is 33.3 Å². The highest BCUT2D eigenvalue weighted by Crippen LogP contribution is 2.36. The Morgan fingerprint density at radius 2 is 1.74 bits per heavy atom. The number of halogens is 1. The number of carbonyl (C=O) groups is 2. The summed E-state index contributed by atoms with van der Waals surface area (Å²) in [6.45, 7) is 9.64. The number of methoxy groups -OCH3 is 1. The molecular weight excluding hydrogens is 680 g/mol. The molecule has 0 saturated carbocycles. The van der Waals surface area contributed by atoms with Gasteiger partial charge < -0.3 is 23.7 Å². The number of nitrogens with zero attached hydrogens (tertiary/aromatic N) is 2. The molecule has 2 heterocycles. The van der Waals surface area contributed by atoms with Crippen molar-refractivity contribution >= 4 is 41.0 Å². The van der Waals surface area contributed by atoms with E-state index in [1.54, 1.807) is 44.2 Å². The molecule has 0 fully saturated rings. The molecule has 3 aromatic carbocycles. The van der Waals surface area contributed by atoms with Crippen LogP contribution in [0.3, 0.4) is 0 Å². The van der Waals surface area contributed by atoms with Gasteiger partial charge >= 0.3 is 11.9 Å². The number of benzene rings is 3. The van der Waals surface area contributed by atoms with Crippen molar-refractivity contribution in [3.05, 3.63) is 132 Å². The van der Waals surface area contributed by atoms with Gasteiger partial charge in [-0.1, -0.05) is 53.3 Å². The lowest BCUT2D eigenvalue weighted by atomic mass is 9.95. The highest BCUT2D eigenvalue weighted by atomic mass is 35.5. The SMILES string of the molecule is C=CCc1cc(/C=c2\sc3n(c2=O)[C@@H](c2ccc(OCC(=O)OC)c(OCC)c2)C(C(=O)OCC)=C(C)N=3)ccc1OCc1ccc(Cl)cc1. The van der Waals surface area contributed by atoms with E-state index >= 15 is 0 Å². The molecule has 1 aromatic heterocycles. The minimum Gasteiger partial charge on any atom is -0.490 e. The first-order valence-corrected chi connectivity index (χ1v) is 17.1. The molecule has 0 unspecified atom stereocenters. The second-order valence-electron chi connectivity index (χ2n) is 11.1. The molecule has 0 saturated heterocycles. The average Bonchev–Trinajstić information content (AvgIpc) is 3.41. The lowest BCUT2D eigenvalue weighted by Gasteiger charge is -2.25. The number of rotatable bonds is 14. The number of esters is 2. The summed E-state index contributed by atoms with van der Waals surface area (Å²) in [7, 11) is 1.27. The molecule has 0 bridgehead atoms. The van der Waals surface area contributed by atoms with Crippen LogP contribution in [0.5, 0.6) is 17.2 Å². The van der Waals surface area contributed by atoms with Crippen LogP contribution >= 0.6 is 22.9 Å². The number of hydrogen-bond donors (Lipinski definition) is 0. The van der Waals surface area contributed by atoms with E-state index in [1.807, 2.05) is 49.4 Å². The summed E-state index contributed by atoms with van der Waals surface area (Å²) in [5.41, 5.74) is 3.58. The molecule has 4 aromatic rings.